The van der Waals surface area contributed by atoms with Crippen LogP contribution in [-0.4, -0.2) is 62.3 Å². The van der Waals surface area contributed by atoms with E-state index in [0.29, 0.717) is 46.8 Å². The van der Waals surface area contributed by atoms with Crippen LogP contribution in [0.25, 0.3) is 22.6 Å². The summed E-state index contributed by atoms with van der Waals surface area (Å²) >= 11 is 6.87. The molecule has 0 saturated heterocycles. The van der Waals surface area contributed by atoms with E-state index in [1.165, 1.54) is 6.33 Å². The number of likely N-dealkylation sites (N-methyl/N-ethyl adjacent to an activating group) is 1. The molecule has 5 rings (SSSR count). The molecular weight excluding hydrogens is 464 g/mol. The first-order valence-corrected chi connectivity index (χ1v) is 12.1. The minimum absolute atomic E-state index is 0.193. The minimum atomic E-state index is -0.193. The van der Waals surface area contributed by atoms with E-state index < -0.39 is 0 Å². The van der Waals surface area contributed by atoms with Crippen LogP contribution < -0.4 is 9.47 Å². The summed E-state index contributed by atoms with van der Waals surface area (Å²) in [4.78, 5) is 20.6. The molecule has 1 aliphatic rings. The highest BCUT2D eigenvalue weighted by Gasteiger charge is 2.41. The molecule has 0 spiro atoms. The van der Waals surface area contributed by atoms with Crippen LogP contribution in [0.15, 0.2) is 42.9 Å². The van der Waals surface area contributed by atoms with E-state index in [0.717, 1.165) is 36.2 Å². The topological polar surface area (TPSA) is 78.2 Å². The lowest BCUT2D eigenvalue weighted by atomic mass is 10.2. The Kier molecular flexibility index (Phi) is 6.34. The third kappa shape index (κ3) is 5.09. The van der Waals surface area contributed by atoms with E-state index in [2.05, 4.69) is 32.8 Å². The number of ether oxygens (including phenoxy) is 2. The van der Waals surface area contributed by atoms with E-state index in [9.17, 15) is 0 Å². The van der Waals surface area contributed by atoms with Crippen molar-refractivity contribution in [2.24, 2.45) is 0 Å². The molecule has 4 aromatic rings. The van der Waals surface area contributed by atoms with Crippen molar-refractivity contribution < 1.29 is 9.47 Å². The predicted octanol–water partition coefficient (Wildman–Crippen LogP) is 4.77. The van der Waals surface area contributed by atoms with Crippen molar-refractivity contribution in [3.8, 4) is 23.0 Å². The highest BCUT2D eigenvalue weighted by Crippen LogP contribution is 2.42. The number of aromatic nitrogens is 5. The fourth-order valence-corrected chi connectivity index (χ4v) is 4.10. The van der Waals surface area contributed by atoms with Crippen LogP contribution >= 0.6 is 11.6 Å². The lowest BCUT2D eigenvalue weighted by molar-refractivity contribution is 0.194. The van der Waals surface area contributed by atoms with Crippen molar-refractivity contribution in [1.82, 2.24) is 29.4 Å². The number of fused-ring (bicyclic) bond motifs is 1. The zero-order chi connectivity index (χ0) is 24.6. The van der Waals surface area contributed by atoms with Gasteiger partial charge in [0.1, 0.15) is 30.1 Å². The van der Waals surface area contributed by atoms with Crippen LogP contribution in [-0.2, 0) is 6.54 Å². The van der Waals surface area contributed by atoms with Gasteiger partial charge in [0, 0.05) is 18.3 Å². The zero-order valence-electron chi connectivity index (χ0n) is 20.5. The second-order valence-corrected chi connectivity index (χ2v) is 9.90. The number of hydrogen-bond donors (Lipinski definition) is 0. The summed E-state index contributed by atoms with van der Waals surface area (Å²) in [6.45, 7) is 5.92. The standard InChI is InChI=1S/C26H29ClN6O2/c1-17-8-11-28-18(14-17)15-33-23(19-6-5-7-20(21(19)27)34-13-12-32(3)4)31-22-24(33)29-16-30-25(22)35-26(2)9-10-26/h5-8,11,14,16H,9-10,12-13,15H2,1-4H3. The Hall–Kier alpha value is -3.23. The zero-order valence-corrected chi connectivity index (χ0v) is 21.2. The second kappa shape index (κ2) is 9.43. The van der Waals surface area contributed by atoms with Gasteiger partial charge in [-0.2, -0.15) is 4.98 Å². The molecule has 1 saturated carbocycles. The molecule has 0 radical (unpaired) electrons. The van der Waals surface area contributed by atoms with E-state index in [-0.39, 0.29) is 5.60 Å². The van der Waals surface area contributed by atoms with E-state index in [1.807, 2.05) is 56.0 Å². The molecule has 0 atom stereocenters. The largest absolute Gasteiger partial charge is 0.491 e. The Morgan fingerprint density at radius 1 is 1.14 bits per heavy atom. The van der Waals surface area contributed by atoms with Gasteiger partial charge in [-0.3, -0.25) is 4.98 Å². The Morgan fingerprint density at radius 2 is 1.97 bits per heavy atom. The Labute approximate surface area is 209 Å². The molecule has 182 valence electrons. The van der Waals surface area contributed by atoms with Gasteiger partial charge in [-0.05, 0) is 70.6 Å². The number of imidazole rings is 1. The second-order valence-electron chi connectivity index (χ2n) is 9.52. The average molecular weight is 493 g/mol. The third-order valence-corrected chi connectivity index (χ3v) is 6.48. The van der Waals surface area contributed by atoms with Crippen molar-refractivity contribution >= 4 is 22.8 Å². The van der Waals surface area contributed by atoms with Crippen LogP contribution in [0.5, 0.6) is 11.6 Å². The number of rotatable bonds is 9. The Bertz CT molecular complexity index is 1370. The van der Waals surface area contributed by atoms with Crippen LogP contribution in [0.3, 0.4) is 0 Å². The molecule has 3 heterocycles. The minimum Gasteiger partial charge on any atom is -0.491 e. The summed E-state index contributed by atoms with van der Waals surface area (Å²) < 4.78 is 14.2. The molecule has 3 aromatic heterocycles. The van der Waals surface area contributed by atoms with Gasteiger partial charge >= 0.3 is 0 Å². The SMILES string of the molecule is Cc1ccnc(Cn2c(-c3cccc(OCCN(C)C)c3Cl)nc3c(OC4(C)CC4)ncnc32)c1. The molecule has 9 heteroatoms. The van der Waals surface area contributed by atoms with Gasteiger partial charge in [0.15, 0.2) is 11.2 Å². The fraction of sp³-hybridized carbons (Fsp3) is 0.385. The molecule has 1 aliphatic carbocycles. The fourth-order valence-electron chi connectivity index (χ4n) is 3.84. The van der Waals surface area contributed by atoms with Crippen molar-refractivity contribution in [1.29, 1.82) is 0 Å². The predicted molar refractivity (Wildman–Crippen MR) is 136 cm³/mol. The van der Waals surface area contributed by atoms with Gasteiger partial charge in [0.25, 0.3) is 0 Å². The quantitative estimate of drug-likeness (QED) is 0.333. The highest BCUT2D eigenvalue weighted by molar-refractivity contribution is 6.34. The average Bonchev–Trinajstić information content (AvgIpc) is 3.43. The van der Waals surface area contributed by atoms with Gasteiger partial charge in [0.2, 0.25) is 5.88 Å². The highest BCUT2D eigenvalue weighted by atomic mass is 35.5. The summed E-state index contributed by atoms with van der Waals surface area (Å²) in [6, 6.07) is 9.78. The maximum absolute atomic E-state index is 6.87. The van der Waals surface area contributed by atoms with Gasteiger partial charge in [-0.15, -0.1) is 0 Å². The van der Waals surface area contributed by atoms with E-state index in [1.54, 1.807) is 0 Å². The smallest absolute Gasteiger partial charge is 0.245 e. The van der Waals surface area contributed by atoms with Gasteiger partial charge < -0.3 is 18.9 Å². The Balaban J connectivity index is 1.62. The van der Waals surface area contributed by atoms with Crippen molar-refractivity contribution in [3.63, 3.8) is 0 Å². The maximum Gasteiger partial charge on any atom is 0.245 e. The number of benzene rings is 1. The van der Waals surface area contributed by atoms with Gasteiger partial charge in [0.05, 0.1) is 17.3 Å². The molecule has 0 aliphatic heterocycles. The summed E-state index contributed by atoms with van der Waals surface area (Å²) in [5, 5.41) is 0.504. The monoisotopic (exact) mass is 492 g/mol. The van der Waals surface area contributed by atoms with Crippen LogP contribution in [0.4, 0.5) is 0 Å². The summed E-state index contributed by atoms with van der Waals surface area (Å²) in [7, 11) is 4.01. The maximum atomic E-state index is 6.87. The lowest BCUT2D eigenvalue weighted by Gasteiger charge is -2.14. The number of pyridine rings is 1. The first kappa shape index (κ1) is 23.5. The number of nitrogens with zero attached hydrogens (tertiary/aromatic N) is 6. The summed E-state index contributed by atoms with van der Waals surface area (Å²) in [5.74, 6) is 1.77. The van der Waals surface area contributed by atoms with Gasteiger partial charge in [-0.25, -0.2) is 9.97 Å². The molecule has 0 bridgehead atoms. The third-order valence-electron chi connectivity index (χ3n) is 6.09. The van der Waals surface area contributed by atoms with Crippen molar-refractivity contribution in [3.05, 3.63) is 59.1 Å². The first-order valence-electron chi connectivity index (χ1n) is 11.7. The first-order chi connectivity index (χ1) is 16.8. The molecule has 1 aromatic carbocycles. The van der Waals surface area contributed by atoms with Gasteiger partial charge in [-0.1, -0.05) is 17.7 Å². The normalized spacial score (nSPS) is 14.5. The van der Waals surface area contributed by atoms with Crippen LogP contribution in [0.1, 0.15) is 31.0 Å². The van der Waals surface area contributed by atoms with E-state index >= 15 is 0 Å². The van der Waals surface area contributed by atoms with Crippen molar-refractivity contribution in [2.75, 3.05) is 27.2 Å². The molecule has 0 unspecified atom stereocenters. The molecule has 1 fully saturated rings. The molecule has 0 amide bonds. The molecule has 8 nitrogen and oxygen atoms in total. The van der Waals surface area contributed by atoms with Crippen LogP contribution in [0, 0.1) is 6.92 Å². The van der Waals surface area contributed by atoms with E-state index in [4.69, 9.17) is 26.1 Å². The molecular formula is C26H29ClN6O2. The number of hydrogen-bond acceptors (Lipinski definition) is 7. The lowest BCUT2D eigenvalue weighted by Crippen LogP contribution is -2.19. The number of aryl methyl sites for hydroxylation is 1. The molecule has 35 heavy (non-hydrogen) atoms. The molecule has 0 N–H and O–H groups in total. The Morgan fingerprint density at radius 3 is 2.71 bits per heavy atom. The van der Waals surface area contributed by atoms with Crippen molar-refractivity contribution in [2.45, 2.75) is 38.8 Å². The summed E-state index contributed by atoms with van der Waals surface area (Å²) in [5.41, 5.74) is 3.88. The van der Waals surface area contributed by atoms with Crippen LogP contribution in [0.2, 0.25) is 5.02 Å². The summed E-state index contributed by atoms with van der Waals surface area (Å²) in [6.07, 6.45) is 5.33. The number of halogens is 1.